The van der Waals surface area contributed by atoms with Crippen LogP contribution in [0.1, 0.15) is 5.56 Å². The number of benzene rings is 1. The van der Waals surface area contributed by atoms with Crippen LogP contribution in [0.5, 0.6) is 5.75 Å². The minimum Gasteiger partial charge on any atom is -0.496 e. The third-order valence-corrected chi connectivity index (χ3v) is 3.34. The molecular formula is C11H12ClN3OS. The van der Waals surface area contributed by atoms with Gasteiger partial charge in [-0.15, -0.1) is 11.3 Å². The van der Waals surface area contributed by atoms with Crippen molar-refractivity contribution < 1.29 is 4.74 Å². The van der Waals surface area contributed by atoms with Crippen LogP contribution in [0.15, 0.2) is 17.5 Å². The fraction of sp³-hybridized carbons (Fsp3) is 0.182. The number of halogens is 1. The van der Waals surface area contributed by atoms with Crippen molar-refractivity contribution in [2.45, 2.75) is 6.92 Å². The lowest BCUT2D eigenvalue weighted by Gasteiger charge is -2.10. The minimum atomic E-state index is 0.652. The van der Waals surface area contributed by atoms with Gasteiger partial charge in [-0.1, -0.05) is 11.6 Å². The van der Waals surface area contributed by atoms with Crippen LogP contribution >= 0.6 is 22.9 Å². The van der Waals surface area contributed by atoms with Crippen molar-refractivity contribution in [1.82, 2.24) is 4.98 Å². The lowest BCUT2D eigenvalue weighted by molar-refractivity contribution is 0.413. The Labute approximate surface area is 108 Å². The van der Waals surface area contributed by atoms with Crippen LogP contribution in [0.4, 0.5) is 5.13 Å². The van der Waals surface area contributed by atoms with Gasteiger partial charge in [0.1, 0.15) is 5.75 Å². The zero-order valence-corrected chi connectivity index (χ0v) is 11.0. The summed E-state index contributed by atoms with van der Waals surface area (Å²) in [6.45, 7) is 1.95. The summed E-state index contributed by atoms with van der Waals surface area (Å²) in [6, 6.07) is 3.70. The van der Waals surface area contributed by atoms with E-state index in [1.807, 2.05) is 24.4 Å². The molecule has 4 nitrogen and oxygen atoms in total. The minimum absolute atomic E-state index is 0.652. The molecule has 0 bridgehead atoms. The molecule has 0 aliphatic carbocycles. The van der Waals surface area contributed by atoms with Crippen molar-refractivity contribution in [1.29, 1.82) is 0 Å². The Morgan fingerprint density at radius 1 is 1.47 bits per heavy atom. The van der Waals surface area contributed by atoms with E-state index in [4.69, 9.17) is 22.2 Å². The number of nitrogens with zero attached hydrogens (tertiary/aromatic N) is 1. The molecule has 1 heterocycles. The number of anilines is 1. The van der Waals surface area contributed by atoms with Gasteiger partial charge in [-0.3, -0.25) is 5.43 Å². The molecule has 90 valence electrons. The molecule has 0 aliphatic rings. The summed E-state index contributed by atoms with van der Waals surface area (Å²) in [4.78, 5) is 4.33. The number of nitrogen functional groups attached to an aromatic ring is 1. The van der Waals surface area contributed by atoms with Crippen LogP contribution in [-0.2, 0) is 0 Å². The first-order valence-electron chi connectivity index (χ1n) is 4.92. The van der Waals surface area contributed by atoms with Crippen molar-refractivity contribution in [2.75, 3.05) is 12.5 Å². The topological polar surface area (TPSA) is 60.2 Å². The first kappa shape index (κ1) is 12.2. The number of nitrogens with one attached hydrogen (secondary N) is 1. The Morgan fingerprint density at radius 2 is 2.24 bits per heavy atom. The lowest BCUT2D eigenvalue weighted by atomic mass is 10.1. The molecule has 0 saturated heterocycles. The maximum Gasteiger partial charge on any atom is 0.197 e. The average Bonchev–Trinajstić information content (AvgIpc) is 2.76. The summed E-state index contributed by atoms with van der Waals surface area (Å²) in [5, 5.41) is 3.22. The van der Waals surface area contributed by atoms with E-state index < -0.39 is 0 Å². The zero-order chi connectivity index (χ0) is 12.4. The number of aromatic nitrogens is 1. The Balaban J connectivity index is 2.57. The molecule has 0 unspecified atom stereocenters. The van der Waals surface area contributed by atoms with Crippen molar-refractivity contribution in [3.63, 3.8) is 0 Å². The molecule has 2 aromatic rings. The van der Waals surface area contributed by atoms with Crippen LogP contribution in [0.2, 0.25) is 5.02 Å². The van der Waals surface area contributed by atoms with E-state index in [2.05, 4.69) is 10.4 Å². The summed E-state index contributed by atoms with van der Waals surface area (Å²) in [6.07, 6.45) is 0. The van der Waals surface area contributed by atoms with Crippen LogP contribution in [0.25, 0.3) is 11.3 Å². The summed E-state index contributed by atoms with van der Waals surface area (Å²) >= 11 is 7.48. The van der Waals surface area contributed by atoms with Gasteiger partial charge >= 0.3 is 0 Å². The molecule has 2 rings (SSSR count). The fourth-order valence-corrected chi connectivity index (χ4v) is 2.55. The van der Waals surface area contributed by atoms with Crippen LogP contribution in [0.3, 0.4) is 0 Å². The van der Waals surface area contributed by atoms with Gasteiger partial charge in [0, 0.05) is 16.0 Å². The number of nitrogens with two attached hydrogens (primary N) is 1. The lowest BCUT2D eigenvalue weighted by Crippen LogP contribution is -2.05. The van der Waals surface area contributed by atoms with Gasteiger partial charge in [0.15, 0.2) is 5.13 Å². The Morgan fingerprint density at radius 3 is 2.82 bits per heavy atom. The Bertz CT molecular complexity index is 542. The van der Waals surface area contributed by atoms with E-state index in [-0.39, 0.29) is 0 Å². The van der Waals surface area contributed by atoms with Gasteiger partial charge in [-0.25, -0.2) is 10.8 Å². The first-order chi connectivity index (χ1) is 8.15. The van der Waals surface area contributed by atoms with E-state index in [0.29, 0.717) is 10.2 Å². The molecule has 17 heavy (non-hydrogen) atoms. The van der Waals surface area contributed by atoms with E-state index in [0.717, 1.165) is 22.6 Å². The van der Waals surface area contributed by atoms with Crippen LogP contribution in [-0.4, -0.2) is 12.1 Å². The standard InChI is InChI=1S/C11H12ClN3OS/c1-6-3-7(12)4-8(10(6)16-2)9-5-17-11(14-9)15-13/h3-5H,13H2,1-2H3,(H,14,15). The highest BCUT2D eigenvalue weighted by atomic mass is 35.5. The predicted molar refractivity (Wildman–Crippen MR) is 71.7 cm³/mol. The van der Waals surface area contributed by atoms with E-state index in [1.54, 1.807) is 7.11 Å². The first-order valence-corrected chi connectivity index (χ1v) is 6.18. The molecule has 3 N–H and O–H groups in total. The maximum atomic E-state index is 6.05. The second kappa shape index (κ2) is 4.91. The third-order valence-electron chi connectivity index (χ3n) is 2.35. The van der Waals surface area contributed by atoms with Crippen molar-refractivity contribution >= 4 is 28.1 Å². The quantitative estimate of drug-likeness (QED) is 0.664. The second-order valence-corrected chi connectivity index (χ2v) is 4.78. The van der Waals surface area contributed by atoms with Gasteiger partial charge in [0.25, 0.3) is 0 Å². The third kappa shape index (κ3) is 2.36. The Kier molecular flexibility index (Phi) is 3.51. The predicted octanol–water partition coefficient (Wildman–Crippen LogP) is 3.07. The number of rotatable bonds is 3. The van der Waals surface area contributed by atoms with Crippen LogP contribution in [0, 0.1) is 6.92 Å². The summed E-state index contributed by atoms with van der Waals surface area (Å²) in [7, 11) is 1.63. The van der Waals surface area contributed by atoms with E-state index in [1.165, 1.54) is 11.3 Å². The largest absolute Gasteiger partial charge is 0.496 e. The van der Waals surface area contributed by atoms with Gasteiger partial charge in [0.2, 0.25) is 0 Å². The molecule has 0 spiro atoms. The Hall–Kier alpha value is -1.30. The highest BCUT2D eigenvalue weighted by Crippen LogP contribution is 2.36. The average molecular weight is 270 g/mol. The molecular weight excluding hydrogens is 258 g/mol. The molecule has 0 atom stereocenters. The van der Waals surface area contributed by atoms with E-state index >= 15 is 0 Å². The van der Waals surface area contributed by atoms with Crippen LogP contribution < -0.4 is 16.0 Å². The maximum absolute atomic E-state index is 6.05. The van der Waals surface area contributed by atoms with Gasteiger partial charge in [-0.2, -0.15) is 0 Å². The smallest absolute Gasteiger partial charge is 0.197 e. The molecule has 6 heteroatoms. The van der Waals surface area contributed by atoms with Gasteiger partial charge in [-0.05, 0) is 24.6 Å². The number of ether oxygens (including phenoxy) is 1. The molecule has 0 aliphatic heterocycles. The molecule has 0 amide bonds. The highest BCUT2D eigenvalue weighted by molar-refractivity contribution is 7.14. The number of hydrogen-bond donors (Lipinski definition) is 2. The second-order valence-electron chi connectivity index (χ2n) is 3.49. The number of methoxy groups -OCH3 is 1. The summed E-state index contributed by atoms with van der Waals surface area (Å²) in [5.74, 6) is 6.09. The fourth-order valence-electron chi connectivity index (χ4n) is 1.65. The SMILES string of the molecule is COc1c(C)cc(Cl)cc1-c1csc(NN)n1. The number of thiazole rings is 1. The molecule has 0 fully saturated rings. The molecule has 1 aromatic carbocycles. The summed E-state index contributed by atoms with van der Waals surface area (Å²) in [5.41, 5.74) is 5.16. The van der Waals surface area contributed by atoms with Crippen molar-refractivity contribution in [3.8, 4) is 17.0 Å². The number of hydrogen-bond acceptors (Lipinski definition) is 5. The zero-order valence-electron chi connectivity index (χ0n) is 9.45. The van der Waals surface area contributed by atoms with E-state index in [9.17, 15) is 0 Å². The molecule has 0 saturated carbocycles. The number of aryl methyl sites for hydroxylation is 1. The highest BCUT2D eigenvalue weighted by Gasteiger charge is 2.13. The monoisotopic (exact) mass is 269 g/mol. The van der Waals surface area contributed by atoms with Gasteiger partial charge < -0.3 is 4.74 Å². The molecule has 0 radical (unpaired) electrons. The molecule has 1 aromatic heterocycles. The van der Waals surface area contributed by atoms with Crippen molar-refractivity contribution in [2.24, 2.45) is 5.84 Å². The van der Waals surface area contributed by atoms with Gasteiger partial charge in [0.05, 0.1) is 12.8 Å². The normalized spacial score (nSPS) is 10.4. The van der Waals surface area contributed by atoms with Crippen molar-refractivity contribution in [3.05, 3.63) is 28.1 Å². The summed E-state index contributed by atoms with van der Waals surface area (Å²) < 4.78 is 5.38. The number of hydrazine groups is 1.